The van der Waals surface area contributed by atoms with Crippen LogP contribution in [0.3, 0.4) is 0 Å². The number of anilines is 1. The van der Waals surface area contributed by atoms with Crippen LogP contribution in [-0.4, -0.2) is 65.8 Å². The molecule has 0 aliphatic carbocycles. The highest BCUT2D eigenvalue weighted by molar-refractivity contribution is 6.31. The molecule has 3 atom stereocenters. The van der Waals surface area contributed by atoms with Gasteiger partial charge in [-0.25, -0.2) is 0 Å². The zero-order valence-electron chi connectivity index (χ0n) is 23.0. The van der Waals surface area contributed by atoms with Crippen molar-refractivity contribution in [3.63, 3.8) is 0 Å². The number of carbonyl (C=O) groups is 3. The average molecular weight is 584 g/mol. The second-order valence-electron chi connectivity index (χ2n) is 11.3. The lowest BCUT2D eigenvalue weighted by Crippen LogP contribution is -2.63. The molecule has 2 N–H and O–H groups in total. The Balaban J connectivity index is 1.45. The molecule has 2 aromatic rings. The van der Waals surface area contributed by atoms with Crippen LogP contribution < -0.4 is 10.6 Å². The maximum atomic E-state index is 14.2. The molecular weight excluding hydrogens is 547 g/mol. The predicted molar refractivity (Wildman–Crippen MR) is 159 cm³/mol. The number of hydrogen-bond acceptors (Lipinski definition) is 4. The van der Waals surface area contributed by atoms with E-state index in [2.05, 4.69) is 22.1 Å². The van der Waals surface area contributed by atoms with Gasteiger partial charge in [-0.05, 0) is 68.1 Å². The van der Waals surface area contributed by atoms with Gasteiger partial charge in [-0.1, -0.05) is 53.6 Å². The lowest BCUT2D eigenvalue weighted by atomic mass is 9.58. The number of carbonyl (C=O) groups excluding carboxylic acids is 3. The summed E-state index contributed by atoms with van der Waals surface area (Å²) in [5.41, 5.74) is 2.05. The zero-order chi connectivity index (χ0) is 28.6. The van der Waals surface area contributed by atoms with Gasteiger partial charge < -0.3 is 20.4 Å². The Morgan fingerprint density at radius 2 is 1.80 bits per heavy atom. The maximum absolute atomic E-state index is 14.2. The number of halogens is 2. The second kappa shape index (κ2) is 11.6. The Bertz CT molecular complexity index is 1340. The molecule has 2 saturated heterocycles. The summed E-state index contributed by atoms with van der Waals surface area (Å²) in [6, 6.07) is 12.7. The van der Waals surface area contributed by atoms with Gasteiger partial charge >= 0.3 is 0 Å². The third-order valence-electron chi connectivity index (χ3n) is 8.63. The quantitative estimate of drug-likeness (QED) is 0.443. The summed E-state index contributed by atoms with van der Waals surface area (Å²) >= 11 is 12.7. The van der Waals surface area contributed by atoms with Gasteiger partial charge in [0.15, 0.2) is 0 Å². The fourth-order valence-corrected chi connectivity index (χ4v) is 7.42. The number of hydrogen-bond donors (Lipinski definition) is 2. The van der Waals surface area contributed by atoms with E-state index in [0.29, 0.717) is 22.3 Å². The first-order chi connectivity index (χ1) is 19.1. The van der Waals surface area contributed by atoms with E-state index in [-0.39, 0.29) is 30.2 Å². The average Bonchev–Trinajstić information content (AvgIpc) is 3.17. The van der Waals surface area contributed by atoms with Crippen molar-refractivity contribution in [2.24, 2.45) is 0 Å². The van der Waals surface area contributed by atoms with E-state index in [9.17, 15) is 14.4 Å². The topological polar surface area (TPSA) is 81.8 Å². The predicted octanol–water partition coefficient (Wildman–Crippen LogP) is 5.13. The van der Waals surface area contributed by atoms with Gasteiger partial charge in [0.1, 0.15) is 5.41 Å². The number of amides is 3. The standard InChI is InChI=1S/C31H36Cl2N4O3/c1-19(2)29-31(25-9-8-23(33)17-27(25)35-30(31)40)26(21-6-4-7-22(32)16-21)18-28(39)37(29)13-5-12-36-14-10-24(11-15-36)34-20(3)38/h4,6-9,16-17,24,26,29H,1,5,10-15,18H2,2-3H3,(H,34,38)(H,35,40)/t26-,29+,31-/m0/s1. The van der Waals surface area contributed by atoms with Gasteiger partial charge in [0.2, 0.25) is 17.7 Å². The van der Waals surface area contributed by atoms with Gasteiger partial charge in [0, 0.05) is 60.7 Å². The lowest BCUT2D eigenvalue weighted by molar-refractivity contribution is -0.143. The Labute approximate surface area is 245 Å². The van der Waals surface area contributed by atoms with Crippen LogP contribution in [0, 0.1) is 0 Å². The van der Waals surface area contributed by atoms with E-state index in [1.165, 1.54) is 0 Å². The minimum absolute atomic E-state index is 0.00294. The number of nitrogens with one attached hydrogen (secondary N) is 2. The molecule has 40 heavy (non-hydrogen) atoms. The van der Waals surface area contributed by atoms with Crippen molar-refractivity contribution in [2.75, 3.05) is 31.5 Å². The first kappa shape index (κ1) is 28.7. The van der Waals surface area contributed by atoms with Crippen LogP contribution in [0.1, 0.15) is 56.6 Å². The summed E-state index contributed by atoms with van der Waals surface area (Å²) in [4.78, 5) is 43.7. The Morgan fingerprint density at radius 3 is 2.48 bits per heavy atom. The number of piperidine rings is 2. The Morgan fingerprint density at radius 1 is 1.07 bits per heavy atom. The number of benzene rings is 2. The molecular formula is C31H36Cl2N4O3. The summed E-state index contributed by atoms with van der Waals surface area (Å²) in [6.45, 7) is 10.9. The summed E-state index contributed by atoms with van der Waals surface area (Å²) in [5.74, 6) is -0.562. The molecule has 212 valence electrons. The Hall–Kier alpha value is -2.87. The minimum Gasteiger partial charge on any atom is -0.354 e. The number of rotatable bonds is 7. The van der Waals surface area contributed by atoms with E-state index in [4.69, 9.17) is 23.2 Å². The molecule has 7 nitrogen and oxygen atoms in total. The summed E-state index contributed by atoms with van der Waals surface area (Å²) < 4.78 is 0. The minimum atomic E-state index is -1.07. The third kappa shape index (κ3) is 5.27. The molecule has 3 aliphatic heterocycles. The fraction of sp³-hybridized carbons (Fsp3) is 0.452. The molecule has 3 amide bonds. The van der Waals surface area contributed by atoms with Crippen molar-refractivity contribution in [3.05, 3.63) is 75.8 Å². The van der Waals surface area contributed by atoms with Gasteiger partial charge in [0.25, 0.3) is 0 Å². The lowest BCUT2D eigenvalue weighted by Gasteiger charge is -2.52. The van der Waals surface area contributed by atoms with Gasteiger partial charge in [-0.15, -0.1) is 0 Å². The SMILES string of the molecule is C=C(C)[C@H]1N(CCCN2CCC(NC(C)=O)CC2)C(=O)C[C@@H](c2cccc(Cl)c2)[C@]12C(=O)Nc1cc(Cl)ccc12. The van der Waals surface area contributed by atoms with E-state index in [1.807, 2.05) is 36.1 Å². The fourth-order valence-electron chi connectivity index (χ4n) is 7.04. The number of nitrogens with zero attached hydrogens (tertiary/aromatic N) is 2. The van der Waals surface area contributed by atoms with Crippen LogP contribution in [0.4, 0.5) is 5.69 Å². The molecule has 3 aliphatic rings. The van der Waals surface area contributed by atoms with E-state index in [1.54, 1.807) is 25.1 Å². The summed E-state index contributed by atoms with van der Waals surface area (Å²) in [5, 5.41) is 7.20. The number of fused-ring (bicyclic) bond motifs is 2. The second-order valence-corrected chi connectivity index (χ2v) is 12.2. The van der Waals surface area contributed by atoms with Crippen molar-refractivity contribution >= 4 is 46.6 Å². The normalized spacial score (nSPS) is 25.1. The first-order valence-corrected chi connectivity index (χ1v) is 14.7. The van der Waals surface area contributed by atoms with Crippen LogP contribution >= 0.6 is 23.2 Å². The molecule has 0 radical (unpaired) electrons. The Kier molecular flexibility index (Phi) is 8.27. The molecule has 0 unspecified atom stereocenters. The number of likely N-dealkylation sites (tertiary alicyclic amines) is 2. The molecule has 2 aromatic carbocycles. The van der Waals surface area contributed by atoms with Crippen molar-refractivity contribution in [1.29, 1.82) is 0 Å². The van der Waals surface area contributed by atoms with E-state index >= 15 is 0 Å². The van der Waals surface area contributed by atoms with Gasteiger partial charge in [0.05, 0.1) is 6.04 Å². The van der Waals surface area contributed by atoms with Crippen molar-refractivity contribution in [1.82, 2.24) is 15.1 Å². The zero-order valence-corrected chi connectivity index (χ0v) is 24.5. The van der Waals surface area contributed by atoms with E-state index < -0.39 is 17.4 Å². The van der Waals surface area contributed by atoms with Crippen LogP contribution in [0.15, 0.2) is 54.6 Å². The molecule has 9 heteroatoms. The maximum Gasteiger partial charge on any atom is 0.238 e. The van der Waals surface area contributed by atoms with Crippen LogP contribution in [0.25, 0.3) is 0 Å². The van der Waals surface area contributed by atoms with Crippen molar-refractivity contribution in [2.45, 2.75) is 62.9 Å². The molecule has 5 rings (SSSR count). The van der Waals surface area contributed by atoms with Crippen LogP contribution in [0.2, 0.25) is 10.0 Å². The molecule has 0 bridgehead atoms. The molecule has 0 aromatic heterocycles. The van der Waals surface area contributed by atoms with Crippen molar-refractivity contribution < 1.29 is 14.4 Å². The van der Waals surface area contributed by atoms with Gasteiger partial charge in [-0.3, -0.25) is 14.4 Å². The first-order valence-electron chi connectivity index (χ1n) is 13.9. The monoisotopic (exact) mass is 582 g/mol. The van der Waals surface area contributed by atoms with E-state index in [0.717, 1.165) is 55.6 Å². The largest absolute Gasteiger partial charge is 0.354 e. The molecule has 2 fully saturated rings. The van der Waals surface area contributed by atoms with Gasteiger partial charge in [-0.2, -0.15) is 0 Å². The third-order valence-corrected chi connectivity index (χ3v) is 9.10. The highest BCUT2D eigenvalue weighted by Gasteiger charge is 2.63. The highest BCUT2D eigenvalue weighted by Crippen LogP contribution is 2.56. The molecule has 3 heterocycles. The molecule has 1 spiro atoms. The van der Waals surface area contributed by atoms with Crippen LogP contribution in [-0.2, 0) is 19.8 Å². The van der Waals surface area contributed by atoms with Crippen molar-refractivity contribution in [3.8, 4) is 0 Å². The van der Waals surface area contributed by atoms with Crippen LogP contribution in [0.5, 0.6) is 0 Å². The summed E-state index contributed by atoms with van der Waals surface area (Å²) in [6.07, 6.45) is 2.79. The summed E-state index contributed by atoms with van der Waals surface area (Å²) in [7, 11) is 0. The smallest absolute Gasteiger partial charge is 0.238 e. The highest BCUT2D eigenvalue weighted by atomic mass is 35.5. The molecule has 0 saturated carbocycles.